The summed E-state index contributed by atoms with van der Waals surface area (Å²) in [5.74, 6) is -2.48. The van der Waals surface area contributed by atoms with E-state index in [4.69, 9.17) is 16.8 Å². The molecule has 0 atom stereocenters. The Labute approximate surface area is 114 Å². The first kappa shape index (κ1) is 16.0. The molecule has 0 unspecified atom stereocenters. The van der Waals surface area contributed by atoms with Crippen molar-refractivity contribution in [3.05, 3.63) is 28.4 Å². The quantitative estimate of drug-likeness (QED) is 0.726. The monoisotopic (exact) mass is 312 g/mol. The van der Waals surface area contributed by atoms with E-state index in [1.54, 1.807) is 5.32 Å². The molecule has 1 rings (SSSR count). The zero-order valence-corrected chi connectivity index (χ0v) is 10.1. The van der Waals surface area contributed by atoms with Gasteiger partial charge in [-0.15, -0.1) is 0 Å². The van der Waals surface area contributed by atoms with Gasteiger partial charge in [0, 0.05) is 5.02 Å². The van der Waals surface area contributed by atoms with Gasteiger partial charge in [-0.25, -0.2) is 4.79 Å². The molecule has 110 valence electrons. The van der Waals surface area contributed by atoms with Crippen molar-refractivity contribution in [2.24, 2.45) is 0 Å². The van der Waals surface area contributed by atoms with Crippen molar-refractivity contribution in [2.75, 3.05) is 10.5 Å². The molecule has 0 saturated heterocycles. The van der Waals surface area contributed by atoms with E-state index in [0.29, 0.717) is 0 Å². The summed E-state index contributed by atoms with van der Waals surface area (Å²) >= 11 is 5.53. The highest BCUT2D eigenvalue weighted by atomic mass is 35.5. The minimum atomic E-state index is -5.23. The van der Waals surface area contributed by atoms with Crippen LogP contribution in [-0.4, -0.2) is 23.3 Å². The van der Waals surface area contributed by atoms with Gasteiger partial charge in [0.05, 0.1) is 11.4 Å². The normalized spacial score (nSPS) is 10.9. The van der Waals surface area contributed by atoms with Crippen LogP contribution in [0.25, 0.3) is 0 Å². The van der Waals surface area contributed by atoms with Crippen molar-refractivity contribution in [2.45, 2.75) is 6.18 Å². The number of rotatable bonds is 2. The Morgan fingerprint density at radius 1 is 1.35 bits per heavy atom. The lowest BCUT2D eigenvalue weighted by Gasteiger charge is -2.24. The van der Waals surface area contributed by atoms with Crippen molar-refractivity contribution in [1.29, 1.82) is 0 Å². The number of carbonyl (C=O) groups is 2. The molecule has 3 N–H and O–H groups in total. The van der Waals surface area contributed by atoms with Crippen LogP contribution in [0.2, 0.25) is 5.02 Å². The molecule has 0 aliphatic heterocycles. The van der Waals surface area contributed by atoms with Gasteiger partial charge in [-0.1, -0.05) is 11.6 Å². The number of urea groups is 1. The van der Waals surface area contributed by atoms with Gasteiger partial charge in [0.15, 0.2) is 0 Å². The summed E-state index contributed by atoms with van der Waals surface area (Å²) < 4.78 is 35.7. The van der Waals surface area contributed by atoms with Crippen LogP contribution in [0.15, 0.2) is 18.2 Å². The number of anilines is 2. The van der Waals surface area contributed by atoms with Crippen LogP contribution in [0.4, 0.5) is 29.3 Å². The average Bonchev–Trinajstić information content (AvgIpc) is 2.29. The van der Waals surface area contributed by atoms with Gasteiger partial charge >= 0.3 is 18.1 Å². The Bertz CT molecular complexity index is 536. The summed E-state index contributed by atoms with van der Waals surface area (Å²) in [6, 6.07) is 1.68. The molecule has 0 spiro atoms. The maximum Gasteiger partial charge on any atom is 0.471 e. The van der Waals surface area contributed by atoms with Gasteiger partial charge in [0.2, 0.25) is 0 Å². The smallest absolute Gasteiger partial charge is 0.471 e. The fourth-order valence-electron chi connectivity index (χ4n) is 1.10. The highest BCUT2D eigenvalue weighted by Gasteiger charge is 2.39. The maximum absolute atomic E-state index is 11.9. The van der Waals surface area contributed by atoms with Gasteiger partial charge in [-0.3, -0.25) is 15.3 Å². The second-order valence-electron chi connectivity index (χ2n) is 3.34. The van der Waals surface area contributed by atoms with E-state index in [1.165, 1.54) is 6.07 Å². The summed E-state index contributed by atoms with van der Waals surface area (Å²) in [6.45, 7) is 0. The van der Waals surface area contributed by atoms with E-state index in [9.17, 15) is 28.0 Å². The number of nitrogens with zero attached hydrogens (tertiary/aromatic N) is 1. The molecule has 0 aliphatic rings. The molecule has 1 aromatic carbocycles. The van der Waals surface area contributed by atoms with E-state index in [1.807, 2.05) is 0 Å². The lowest BCUT2D eigenvalue weighted by molar-refractivity contribution is -0.172. The summed E-state index contributed by atoms with van der Waals surface area (Å²) in [5, 5.41) is 21.7. The average molecular weight is 313 g/mol. The fraction of sp³-hybridized carbons (Fsp3) is 0.111. The number of hydrogen-bond acceptors (Lipinski definition) is 5. The van der Waals surface area contributed by atoms with Crippen molar-refractivity contribution >= 4 is 34.9 Å². The minimum Gasteiger partial charge on any atom is -0.733 e. The molecule has 0 aromatic heterocycles. The molecule has 0 fully saturated rings. The number of halogens is 4. The predicted octanol–water partition coefficient (Wildman–Crippen LogP) is 2.24. The van der Waals surface area contributed by atoms with Crippen molar-refractivity contribution in [3.63, 3.8) is 0 Å². The Kier molecular flexibility index (Phi) is 4.76. The predicted molar refractivity (Wildman–Crippen MR) is 62.3 cm³/mol. The highest BCUT2D eigenvalue weighted by molar-refractivity contribution is 6.31. The van der Waals surface area contributed by atoms with Gasteiger partial charge in [-0.2, -0.15) is 13.2 Å². The first-order chi connectivity index (χ1) is 9.11. The second-order valence-corrected chi connectivity index (χ2v) is 3.78. The van der Waals surface area contributed by atoms with Gasteiger partial charge in [0.1, 0.15) is 0 Å². The van der Waals surface area contributed by atoms with E-state index >= 15 is 0 Å². The second kappa shape index (κ2) is 5.94. The molecular weight excluding hydrogens is 307 g/mol. The van der Waals surface area contributed by atoms with Crippen LogP contribution in [0.3, 0.4) is 0 Å². The molecular formula is C9H6ClF3N3O4-. The molecule has 0 radical (unpaired) electrons. The van der Waals surface area contributed by atoms with Crippen molar-refractivity contribution in [3.8, 4) is 0 Å². The summed E-state index contributed by atoms with van der Waals surface area (Å²) in [6.07, 6.45) is -5.23. The van der Waals surface area contributed by atoms with Crippen LogP contribution < -0.4 is 15.9 Å². The lowest BCUT2D eigenvalue weighted by atomic mass is 10.2. The number of alkyl halides is 3. The third kappa shape index (κ3) is 4.26. The third-order valence-electron chi connectivity index (χ3n) is 1.90. The molecule has 20 heavy (non-hydrogen) atoms. The van der Waals surface area contributed by atoms with Crippen LogP contribution in [0.1, 0.15) is 0 Å². The largest absolute Gasteiger partial charge is 0.733 e. The zero-order chi connectivity index (χ0) is 15.5. The molecule has 0 saturated carbocycles. The molecule has 3 amide bonds. The summed E-state index contributed by atoms with van der Waals surface area (Å²) in [4.78, 5) is 21.6. The Morgan fingerprint density at radius 3 is 2.45 bits per heavy atom. The summed E-state index contributed by atoms with van der Waals surface area (Å²) in [5.41, 5.74) is -0.869. The Morgan fingerprint density at radius 2 is 1.95 bits per heavy atom. The molecule has 0 bridgehead atoms. The SMILES string of the molecule is O=C(NC(=O)C(F)(F)F)Nc1ccc(Cl)cc1N([O-])O. The van der Waals surface area contributed by atoms with Gasteiger partial charge in [0.25, 0.3) is 0 Å². The molecule has 0 aliphatic carbocycles. The van der Waals surface area contributed by atoms with E-state index in [0.717, 1.165) is 17.4 Å². The number of carbonyl (C=O) groups excluding carboxylic acids is 2. The van der Waals surface area contributed by atoms with E-state index in [2.05, 4.69) is 0 Å². The number of hydrogen-bond donors (Lipinski definition) is 3. The minimum absolute atomic E-state index is 0.0345. The van der Waals surface area contributed by atoms with Gasteiger partial charge < -0.3 is 15.8 Å². The summed E-state index contributed by atoms with van der Waals surface area (Å²) in [7, 11) is 0. The standard InChI is InChI=1S/C9H6ClF3N3O4/c10-4-1-2-5(6(3-4)16(19)20)14-8(18)15-7(17)9(11,12)13/h1-3,19H,(H2,14,15,17,18)/q-1. The first-order valence-corrected chi connectivity index (χ1v) is 5.14. The van der Waals surface area contributed by atoms with E-state index < -0.39 is 29.0 Å². The van der Waals surface area contributed by atoms with Crippen LogP contribution >= 0.6 is 11.6 Å². The topological polar surface area (TPSA) is 105 Å². The maximum atomic E-state index is 11.9. The van der Waals surface area contributed by atoms with E-state index in [-0.39, 0.29) is 10.7 Å². The number of benzene rings is 1. The lowest BCUT2D eigenvalue weighted by Crippen LogP contribution is -2.42. The third-order valence-corrected chi connectivity index (χ3v) is 2.13. The van der Waals surface area contributed by atoms with Crippen LogP contribution in [0, 0.1) is 5.21 Å². The van der Waals surface area contributed by atoms with Crippen molar-refractivity contribution < 1.29 is 28.0 Å². The molecule has 11 heteroatoms. The Hall–Kier alpha value is -2.04. The number of nitrogens with one attached hydrogen (secondary N) is 2. The van der Waals surface area contributed by atoms with Gasteiger partial charge in [-0.05, 0) is 18.2 Å². The fourth-order valence-corrected chi connectivity index (χ4v) is 1.26. The highest BCUT2D eigenvalue weighted by Crippen LogP contribution is 2.28. The molecule has 0 heterocycles. The first-order valence-electron chi connectivity index (χ1n) is 4.76. The number of imide groups is 1. The number of amides is 3. The van der Waals surface area contributed by atoms with Crippen LogP contribution in [0.5, 0.6) is 0 Å². The molecule has 7 nitrogen and oxygen atoms in total. The van der Waals surface area contributed by atoms with Crippen LogP contribution in [-0.2, 0) is 4.79 Å². The zero-order valence-electron chi connectivity index (χ0n) is 9.36. The molecule has 1 aromatic rings. The van der Waals surface area contributed by atoms with Crippen molar-refractivity contribution in [1.82, 2.24) is 5.32 Å². The Balaban J connectivity index is 2.84.